The Morgan fingerprint density at radius 2 is 2.12 bits per heavy atom. The molecule has 16 heavy (non-hydrogen) atoms. The second-order valence-electron chi connectivity index (χ2n) is 4.14. The summed E-state index contributed by atoms with van der Waals surface area (Å²) in [7, 11) is 1.88. The van der Waals surface area contributed by atoms with Crippen LogP contribution in [-0.2, 0) is 12.6 Å². The third-order valence-corrected chi connectivity index (χ3v) is 2.82. The first-order chi connectivity index (χ1) is 7.43. The topological polar surface area (TPSA) is 74.5 Å². The van der Waals surface area contributed by atoms with Crippen LogP contribution in [0.15, 0.2) is 12.5 Å². The van der Waals surface area contributed by atoms with E-state index in [4.69, 9.17) is 17.3 Å². The maximum Gasteiger partial charge on any atom is 0.173 e. The minimum absolute atomic E-state index is 0.301. The van der Waals surface area contributed by atoms with Crippen LogP contribution >= 0.6 is 11.6 Å². The lowest BCUT2D eigenvalue weighted by molar-refractivity contribution is 0.358. The minimum atomic E-state index is -0.452. The van der Waals surface area contributed by atoms with Gasteiger partial charge >= 0.3 is 0 Å². The fourth-order valence-corrected chi connectivity index (χ4v) is 1.72. The van der Waals surface area contributed by atoms with E-state index in [1.165, 1.54) is 0 Å². The molecule has 0 saturated heterocycles. The number of nitrogen functional groups attached to an aromatic ring is 1. The van der Waals surface area contributed by atoms with Gasteiger partial charge in [0.1, 0.15) is 11.9 Å². The van der Waals surface area contributed by atoms with Gasteiger partial charge in [-0.1, -0.05) is 11.6 Å². The van der Waals surface area contributed by atoms with E-state index < -0.39 is 5.54 Å². The summed E-state index contributed by atoms with van der Waals surface area (Å²) in [4.78, 5) is 0. The Kier molecular flexibility index (Phi) is 2.38. The van der Waals surface area contributed by atoms with Gasteiger partial charge in [-0.15, -0.1) is 10.2 Å². The van der Waals surface area contributed by atoms with Crippen LogP contribution in [0.25, 0.3) is 0 Å². The molecule has 0 saturated carbocycles. The van der Waals surface area contributed by atoms with Gasteiger partial charge in [0.2, 0.25) is 0 Å². The van der Waals surface area contributed by atoms with Gasteiger partial charge in [0.25, 0.3) is 0 Å². The molecule has 0 spiro atoms. The average Bonchev–Trinajstić information content (AvgIpc) is 2.75. The molecule has 86 valence electrons. The van der Waals surface area contributed by atoms with Crippen molar-refractivity contribution in [1.82, 2.24) is 24.5 Å². The van der Waals surface area contributed by atoms with Crippen LogP contribution in [0.5, 0.6) is 0 Å². The quantitative estimate of drug-likeness (QED) is 0.851. The molecule has 2 heterocycles. The van der Waals surface area contributed by atoms with E-state index in [9.17, 15) is 0 Å². The maximum atomic E-state index is 5.84. The molecule has 7 heteroatoms. The predicted molar refractivity (Wildman–Crippen MR) is 61.1 cm³/mol. The van der Waals surface area contributed by atoms with Crippen molar-refractivity contribution < 1.29 is 0 Å². The van der Waals surface area contributed by atoms with Gasteiger partial charge in [-0.25, -0.2) is 0 Å². The van der Waals surface area contributed by atoms with Crippen LogP contribution in [0, 0.1) is 0 Å². The molecule has 2 N–H and O–H groups in total. The van der Waals surface area contributed by atoms with E-state index >= 15 is 0 Å². The lowest BCUT2D eigenvalue weighted by Gasteiger charge is -2.23. The molecule has 0 amide bonds. The highest BCUT2D eigenvalue weighted by atomic mass is 35.5. The Balaban J connectivity index is 2.50. The first kappa shape index (κ1) is 10.9. The molecule has 2 aromatic heterocycles. The SMILES string of the molecule is Cn1cnnc1C(C)(C)n1cc(N)c(Cl)n1. The molecule has 0 aliphatic carbocycles. The first-order valence-corrected chi connectivity index (χ1v) is 5.16. The second kappa shape index (κ2) is 3.48. The highest BCUT2D eigenvalue weighted by molar-refractivity contribution is 6.31. The Labute approximate surface area is 98.0 Å². The van der Waals surface area contributed by atoms with Crippen molar-refractivity contribution in [3.63, 3.8) is 0 Å². The van der Waals surface area contributed by atoms with Gasteiger partial charge in [-0.05, 0) is 13.8 Å². The number of nitrogens with two attached hydrogens (primary N) is 1. The molecule has 0 radical (unpaired) electrons. The van der Waals surface area contributed by atoms with E-state index in [0.717, 1.165) is 5.82 Å². The van der Waals surface area contributed by atoms with Crippen molar-refractivity contribution in [2.75, 3.05) is 5.73 Å². The van der Waals surface area contributed by atoms with Crippen LogP contribution in [0.2, 0.25) is 5.15 Å². The summed E-state index contributed by atoms with van der Waals surface area (Å²) in [5.41, 5.74) is 5.67. The average molecular weight is 241 g/mol. The Hall–Kier alpha value is -1.56. The molecule has 2 aromatic rings. The van der Waals surface area contributed by atoms with Gasteiger partial charge in [-0.3, -0.25) is 4.68 Å². The van der Waals surface area contributed by atoms with Crippen molar-refractivity contribution >= 4 is 17.3 Å². The number of halogens is 1. The van der Waals surface area contributed by atoms with Gasteiger partial charge in [0.15, 0.2) is 11.0 Å². The molecule has 0 aliphatic rings. The highest BCUT2D eigenvalue weighted by Crippen LogP contribution is 2.26. The molecule has 2 rings (SSSR count). The number of hydrogen-bond donors (Lipinski definition) is 1. The molecular weight excluding hydrogens is 228 g/mol. The zero-order valence-corrected chi connectivity index (χ0v) is 10.1. The fourth-order valence-electron chi connectivity index (χ4n) is 1.59. The normalized spacial score (nSPS) is 12.0. The van der Waals surface area contributed by atoms with Crippen LogP contribution in [0.1, 0.15) is 19.7 Å². The molecule has 6 nitrogen and oxygen atoms in total. The monoisotopic (exact) mass is 240 g/mol. The highest BCUT2D eigenvalue weighted by Gasteiger charge is 2.29. The molecule has 0 fully saturated rings. The van der Waals surface area contributed by atoms with E-state index in [-0.39, 0.29) is 0 Å². The number of aryl methyl sites for hydroxylation is 1. The lowest BCUT2D eigenvalue weighted by Crippen LogP contribution is -2.31. The Bertz CT molecular complexity index is 492. The zero-order valence-electron chi connectivity index (χ0n) is 9.35. The zero-order chi connectivity index (χ0) is 11.9. The standard InChI is InChI=1S/C9H13ClN6/c1-9(2,8-13-12-5-15(8)3)16-4-6(11)7(10)14-16/h4-5H,11H2,1-3H3. The number of hydrogen-bond acceptors (Lipinski definition) is 4. The summed E-state index contributed by atoms with van der Waals surface area (Å²) in [5, 5.41) is 12.4. The summed E-state index contributed by atoms with van der Waals surface area (Å²) in [6.07, 6.45) is 3.34. The molecule has 0 atom stereocenters. The predicted octanol–water partition coefficient (Wildman–Crippen LogP) is 1.03. The van der Waals surface area contributed by atoms with Gasteiger partial charge in [-0.2, -0.15) is 5.10 Å². The van der Waals surface area contributed by atoms with Crippen LogP contribution in [-0.4, -0.2) is 24.5 Å². The summed E-state index contributed by atoms with van der Waals surface area (Å²) in [6, 6.07) is 0. The van der Waals surface area contributed by atoms with Crippen LogP contribution in [0.4, 0.5) is 5.69 Å². The van der Waals surface area contributed by atoms with Gasteiger partial charge < -0.3 is 10.3 Å². The van der Waals surface area contributed by atoms with Gasteiger partial charge in [0, 0.05) is 7.05 Å². The molecule has 0 aliphatic heterocycles. The van der Waals surface area contributed by atoms with Crippen molar-refractivity contribution in [1.29, 1.82) is 0 Å². The third kappa shape index (κ3) is 1.55. The molecule has 0 aromatic carbocycles. The molecular formula is C9H13ClN6. The first-order valence-electron chi connectivity index (χ1n) is 4.78. The minimum Gasteiger partial charge on any atom is -0.395 e. The second-order valence-corrected chi connectivity index (χ2v) is 4.50. The largest absolute Gasteiger partial charge is 0.395 e. The van der Waals surface area contributed by atoms with Crippen molar-refractivity contribution in [2.24, 2.45) is 7.05 Å². The molecule has 0 bridgehead atoms. The fraction of sp³-hybridized carbons (Fsp3) is 0.444. The van der Waals surface area contributed by atoms with Gasteiger partial charge in [0.05, 0.1) is 11.9 Å². The van der Waals surface area contributed by atoms with Crippen LogP contribution in [0.3, 0.4) is 0 Å². The van der Waals surface area contributed by atoms with E-state index in [1.54, 1.807) is 17.2 Å². The third-order valence-electron chi connectivity index (χ3n) is 2.53. The summed E-state index contributed by atoms with van der Waals surface area (Å²) in [5.74, 6) is 0.784. The Morgan fingerprint density at radius 1 is 1.44 bits per heavy atom. The van der Waals surface area contributed by atoms with Crippen molar-refractivity contribution in [3.05, 3.63) is 23.5 Å². The number of nitrogens with zero attached hydrogens (tertiary/aromatic N) is 5. The Morgan fingerprint density at radius 3 is 2.56 bits per heavy atom. The number of rotatable bonds is 2. The summed E-state index contributed by atoms with van der Waals surface area (Å²) >= 11 is 5.84. The smallest absolute Gasteiger partial charge is 0.173 e. The summed E-state index contributed by atoms with van der Waals surface area (Å²) in [6.45, 7) is 3.94. The molecule has 0 unspecified atom stereocenters. The van der Waals surface area contributed by atoms with Crippen molar-refractivity contribution in [2.45, 2.75) is 19.4 Å². The number of anilines is 1. The van der Waals surface area contributed by atoms with Crippen LogP contribution < -0.4 is 5.73 Å². The lowest BCUT2D eigenvalue weighted by atomic mass is 10.1. The van der Waals surface area contributed by atoms with Crippen molar-refractivity contribution in [3.8, 4) is 0 Å². The van der Waals surface area contributed by atoms with E-state index in [0.29, 0.717) is 10.8 Å². The maximum absolute atomic E-state index is 5.84. The number of aromatic nitrogens is 5. The summed E-state index contributed by atoms with van der Waals surface area (Å²) < 4.78 is 3.53. The van der Waals surface area contributed by atoms with E-state index in [1.807, 2.05) is 25.5 Å². The van der Waals surface area contributed by atoms with E-state index in [2.05, 4.69) is 15.3 Å².